The lowest BCUT2D eigenvalue weighted by Crippen LogP contribution is -2.26. The molecule has 10 nitrogen and oxygen atoms in total. The van der Waals surface area contributed by atoms with Crippen LogP contribution >= 0.6 is 0 Å². The molecule has 0 saturated carbocycles. The van der Waals surface area contributed by atoms with Crippen LogP contribution in [0.2, 0.25) is 0 Å². The smallest absolute Gasteiger partial charge is 0.433 e. The number of halogens is 3. The molecule has 1 atom stereocenters. The zero-order chi connectivity index (χ0) is 25.9. The molecule has 4 rings (SSSR count). The molecule has 0 unspecified atom stereocenters. The van der Waals surface area contributed by atoms with Crippen LogP contribution in [0.5, 0.6) is 0 Å². The molecule has 0 spiro atoms. The first-order valence-electron chi connectivity index (χ1n) is 10.4. The molecule has 0 amide bonds. The number of nitrogens with zero attached hydrogens (tertiary/aromatic N) is 7. The molecule has 0 bridgehead atoms. The van der Waals surface area contributed by atoms with Crippen molar-refractivity contribution in [1.29, 1.82) is 5.26 Å². The van der Waals surface area contributed by atoms with Crippen molar-refractivity contribution in [3.05, 3.63) is 71.7 Å². The van der Waals surface area contributed by atoms with Crippen LogP contribution in [0.15, 0.2) is 54.7 Å². The number of pyridine rings is 1. The molecule has 36 heavy (non-hydrogen) atoms. The average Bonchev–Trinajstić information content (AvgIpc) is 3.32. The van der Waals surface area contributed by atoms with Crippen molar-refractivity contribution >= 4 is 11.9 Å². The number of alkyl halides is 3. The zero-order valence-electron chi connectivity index (χ0n) is 18.6. The summed E-state index contributed by atoms with van der Waals surface area (Å²) in [5.74, 6) is -1.11. The highest BCUT2D eigenvalue weighted by Gasteiger charge is 2.32. The summed E-state index contributed by atoms with van der Waals surface area (Å²) in [5, 5.41) is 29.2. The van der Waals surface area contributed by atoms with E-state index in [2.05, 4.69) is 30.6 Å². The molecule has 3 aromatic heterocycles. The largest absolute Gasteiger partial charge is 0.480 e. The fourth-order valence-corrected chi connectivity index (χ4v) is 3.18. The molecule has 0 radical (unpaired) electrons. The van der Waals surface area contributed by atoms with E-state index in [0.717, 1.165) is 6.07 Å². The predicted molar refractivity (Wildman–Crippen MR) is 120 cm³/mol. The second-order valence-corrected chi connectivity index (χ2v) is 7.67. The first-order chi connectivity index (χ1) is 17.1. The highest BCUT2D eigenvalue weighted by molar-refractivity contribution is 5.76. The molecule has 3 heterocycles. The number of benzene rings is 1. The van der Waals surface area contributed by atoms with Gasteiger partial charge in [0.2, 0.25) is 5.95 Å². The molecule has 0 aliphatic heterocycles. The van der Waals surface area contributed by atoms with Gasteiger partial charge in [0, 0.05) is 5.56 Å². The van der Waals surface area contributed by atoms with Crippen molar-refractivity contribution in [1.82, 2.24) is 29.9 Å². The van der Waals surface area contributed by atoms with Crippen molar-refractivity contribution in [3.63, 3.8) is 0 Å². The second kappa shape index (κ2) is 9.79. The van der Waals surface area contributed by atoms with Gasteiger partial charge in [-0.2, -0.15) is 18.4 Å². The standard InChI is InChI=1S/C23H17F3N8O2/c1-13(21(35)36)28-22-30-17(15-5-2-4-14(8-15)10-27)9-18(31-22)19-12-34(33-32-19)11-16-6-3-7-20(29-16)23(24,25)26/h2-9,12-13H,11H2,1H3,(H,35,36)(H,28,30,31)/t13-/m0/s1. The molecule has 4 aromatic rings. The summed E-state index contributed by atoms with van der Waals surface area (Å²) in [6, 6.07) is 12.9. The van der Waals surface area contributed by atoms with E-state index in [1.807, 2.05) is 6.07 Å². The van der Waals surface area contributed by atoms with Crippen LogP contribution in [-0.2, 0) is 17.5 Å². The number of nitriles is 1. The minimum Gasteiger partial charge on any atom is -0.480 e. The van der Waals surface area contributed by atoms with E-state index in [-0.39, 0.29) is 29.6 Å². The van der Waals surface area contributed by atoms with Gasteiger partial charge in [-0.25, -0.2) is 19.6 Å². The molecule has 0 fully saturated rings. The quantitative estimate of drug-likeness (QED) is 0.394. The number of carboxylic acids is 1. The van der Waals surface area contributed by atoms with Crippen LogP contribution in [0.4, 0.5) is 19.1 Å². The normalized spacial score (nSPS) is 12.1. The third-order valence-corrected chi connectivity index (χ3v) is 4.95. The van der Waals surface area contributed by atoms with E-state index in [1.165, 1.54) is 29.9 Å². The molecule has 0 aliphatic rings. The second-order valence-electron chi connectivity index (χ2n) is 7.67. The van der Waals surface area contributed by atoms with E-state index >= 15 is 0 Å². The topological polar surface area (TPSA) is 142 Å². The molecule has 1 aromatic carbocycles. The van der Waals surface area contributed by atoms with Gasteiger partial charge in [0.15, 0.2) is 0 Å². The number of anilines is 1. The number of aromatic nitrogens is 6. The number of nitrogens with one attached hydrogen (secondary N) is 1. The van der Waals surface area contributed by atoms with Gasteiger partial charge >= 0.3 is 12.1 Å². The summed E-state index contributed by atoms with van der Waals surface area (Å²) in [7, 11) is 0. The van der Waals surface area contributed by atoms with Crippen molar-refractivity contribution < 1.29 is 23.1 Å². The molecular formula is C23H17F3N8O2. The third-order valence-electron chi connectivity index (χ3n) is 4.95. The van der Waals surface area contributed by atoms with Crippen LogP contribution in [0.25, 0.3) is 22.6 Å². The molecule has 0 saturated heterocycles. The lowest BCUT2D eigenvalue weighted by Gasteiger charge is -2.12. The zero-order valence-corrected chi connectivity index (χ0v) is 18.6. The maximum absolute atomic E-state index is 13.0. The van der Waals surface area contributed by atoms with E-state index < -0.39 is 23.9 Å². The monoisotopic (exact) mass is 494 g/mol. The van der Waals surface area contributed by atoms with Crippen LogP contribution in [-0.4, -0.2) is 47.1 Å². The van der Waals surface area contributed by atoms with E-state index in [1.54, 1.807) is 30.3 Å². The Labute approximate surface area is 202 Å². The van der Waals surface area contributed by atoms with Gasteiger partial charge in [0.25, 0.3) is 0 Å². The summed E-state index contributed by atoms with van der Waals surface area (Å²) in [4.78, 5) is 23.6. The van der Waals surface area contributed by atoms with Gasteiger partial charge in [-0.1, -0.05) is 23.4 Å². The molecule has 182 valence electrons. The highest BCUT2D eigenvalue weighted by Crippen LogP contribution is 2.28. The summed E-state index contributed by atoms with van der Waals surface area (Å²) >= 11 is 0. The molecule has 0 aliphatic carbocycles. The van der Waals surface area contributed by atoms with E-state index in [0.29, 0.717) is 16.8 Å². The highest BCUT2D eigenvalue weighted by atomic mass is 19.4. The number of rotatable bonds is 7. The number of carbonyl (C=O) groups is 1. The lowest BCUT2D eigenvalue weighted by atomic mass is 10.1. The summed E-state index contributed by atoms with van der Waals surface area (Å²) in [6.07, 6.45) is -3.09. The van der Waals surface area contributed by atoms with Crippen molar-refractivity contribution in [2.75, 3.05) is 5.32 Å². The number of hydrogen-bond acceptors (Lipinski definition) is 8. The lowest BCUT2D eigenvalue weighted by molar-refractivity contribution is -0.141. The Balaban J connectivity index is 1.69. The van der Waals surface area contributed by atoms with Gasteiger partial charge in [0.05, 0.1) is 41.5 Å². The van der Waals surface area contributed by atoms with Crippen molar-refractivity contribution in [3.8, 4) is 28.7 Å². The first-order valence-corrected chi connectivity index (χ1v) is 10.4. The Morgan fingerprint density at radius 3 is 2.58 bits per heavy atom. The Morgan fingerprint density at radius 2 is 1.86 bits per heavy atom. The minimum atomic E-state index is -4.57. The summed E-state index contributed by atoms with van der Waals surface area (Å²) in [6.45, 7) is 1.35. The molecule has 2 N–H and O–H groups in total. The predicted octanol–water partition coefficient (Wildman–Crippen LogP) is 3.62. The van der Waals surface area contributed by atoms with Gasteiger partial charge in [-0.3, -0.25) is 4.79 Å². The van der Waals surface area contributed by atoms with Crippen molar-refractivity contribution in [2.24, 2.45) is 0 Å². The molecular weight excluding hydrogens is 477 g/mol. The van der Waals surface area contributed by atoms with Gasteiger partial charge in [-0.15, -0.1) is 5.10 Å². The SMILES string of the molecule is C[C@H](Nc1nc(-c2cccc(C#N)c2)cc(-c2cn(Cc3cccc(C(F)(F)F)n3)nn2)n1)C(=O)O. The number of aliphatic carboxylic acids is 1. The van der Waals surface area contributed by atoms with Gasteiger partial charge in [-0.05, 0) is 37.3 Å². The van der Waals surface area contributed by atoms with E-state index in [4.69, 9.17) is 0 Å². The maximum Gasteiger partial charge on any atom is 0.433 e. The Morgan fingerprint density at radius 1 is 1.11 bits per heavy atom. The van der Waals surface area contributed by atoms with Crippen molar-refractivity contribution in [2.45, 2.75) is 25.7 Å². The summed E-state index contributed by atoms with van der Waals surface area (Å²) < 4.78 is 40.2. The molecule has 13 heteroatoms. The van der Waals surface area contributed by atoms with Crippen LogP contribution < -0.4 is 5.32 Å². The van der Waals surface area contributed by atoms with E-state index in [9.17, 15) is 28.3 Å². The Bertz CT molecular complexity index is 1460. The van der Waals surface area contributed by atoms with Crippen LogP contribution in [0.1, 0.15) is 23.9 Å². The number of hydrogen-bond donors (Lipinski definition) is 2. The minimum absolute atomic E-state index is 0.00820. The number of carboxylic acid groups (broad SMARTS) is 1. The third kappa shape index (κ3) is 5.61. The fourth-order valence-electron chi connectivity index (χ4n) is 3.18. The summed E-state index contributed by atoms with van der Waals surface area (Å²) in [5.41, 5.74) is 1.06. The first kappa shape index (κ1) is 24.3. The van der Waals surface area contributed by atoms with Crippen LogP contribution in [0.3, 0.4) is 0 Å². The van der Waals surface area contributed by atoms with Crippen LogP contribution in [0, 0.1) is 11.3 Å². The van der Waals surface area contributed by atoms with Gasteiger partial charge in [0.1, 0.15) is 17.4 Å². The maximum atomic E-state index is 13.0. The fraction of sp³-hybridized carbons (Fsp3) is 0.174. The Hall–Kier alpha value is -4.86. The average molecular weight is 494 g/mol. The van der Waals surface area contributed by atoms with Gasteiger partial charge < -0.3 is 10.4 Å². The Kier molecular flexibility index (Phi) is 6.60.